The molecule has 0 heterocycles. The van der Waals surface area contributed by atoms with Crippen LogP contribution in [0.15, 0.2) is 18.2 Å². The Labute approximate surface area is 96.8 Å². The number of hydrogen-bond acceptors (Lipinski definition) is 1. The Morgan fingerprint density at radius 1 is 1.40 bits per heavy atom. The third kappa shape index (κ3) is 2.73. The number of aryl methyl sites for hydroxylation is 1. The fraction of sp³-hybridized carbons (Fsp3) is 0.538. The van der Waals surface area contributed by atoms with Crippen molar-refractivity contribution in [3.05, 3.63) is 34.3 Å². The van der Waals surface area contributed by atoms with Crippen molar-refractivity contribution in [2.24, 2.45) is 5.92 Å². The van der Waals surface area contributed by atoms with E-state index >= 15 is 0 Å². The summed E-state index contributed by atoms with van der Waals surface area (Å²) in [4.78, 5) is 0. The van der Waals surface area contributed by atoms with Crippen molar-refractivity contribution in [2.45, 2.75) is 39.3 Å². The lowest BCUT2D eigenvalue weighted by molar-refractivity contribution is 0.240. The van der Waals surface area contributed by atoms with Crippen LogP contribution in [0.4, 0.5) is 0 Å². The number of benzene rings is 1. The summed E-state index contributed by atoms with van der Waals surface area (Å²) in [6.45, 7) is 5.40. The highest BCUT2D eigenvalue weighted by Crippen LogP contribution is 2.26. The van der Waals surface area contributed by atoms with E-state index in [9.17, 15) is 0 Å². The van der Waals surface area contributed by atoms with Crippen LogP contribution in [-0.4, -0.2) is 6.04 Å². The monoisotopic (exact) mass is 223 g/mol. The molecule has 0 spiro atoms. The standard InChI is InChI=1S/C13H18ClN/c1-9-5-13(6-9)15-8-11-3-4-12(14)7-10(11)2/h3-4,7,9,13,15H,5-6,8H2,1-2H3. The maximum atomic E-state index is 5.92. The van der Waals surface area contributed by atoms with Gasteiger partial charge in [-0.3, -0.25) is 0 Å². The topological polar surface area (TPSA) is 12.0 Å². The van der Waals surface area contributed by atoms with Crippen molar-refractivity contribution in [3.8, 4) is 0 Å². The van der Waals surface area contributed by atoms with Crippen LogP contribution in [0.3, 0.4) is 0 Å². The molecule has 2 rings (SSSR count). The van der Waals surface area contributed by atoms with Crippen molar-refractivity contribution < 1.29 is 0 Å². The van der Waals surface area contributed by atoms with Gasteiger partial charge in [0, 0.05) is 17.6 Å². The summed E-state index contributed by atoms with van der Waals surface area (Å²) in [5, 5.41) is 4.41. The van der Waals surface area contributed by atoms with E-state index in [4.69, 9.17) is 11.6 Å². The molecule has 82 valence electrons. The molecule has 0 saturated heterocycles. The van der Waals surface area contributed by atoms with E-state index in [-0.39, 0.29) is 0 Å². The van der Waals surface area contributed by atoms with Crippen molar-refractivity contribution in [3.63, 3.8) is 0 Å². The van der Waals surface area contributed by atoms with Crippen molar-refractivity contribution in [1.82, 2.24) is 5.32 Å². The second-order valence-corrected chi connectivity index (χ2v) is 5.16. The Balaban J connectivity index is 1.88. The van der Waals surface area contributed by atoms with E-state index in [2.05, 4.69) is 25.2 Å². The first-order valence-electron chi connectivity index (χ1n) is 5.63. The molecule has 0 atom stereocenters. The third-order valence-corrected chi connectivity index (χ3v) is 3.49. The normalized spacial score (nSPS) is 25.0. The average Bonchev–Trinajstić information content (AvgIpc) is 2.13. The molecule has 1 nitrogen and oxygen atoms in total. The highest BCUT2D eigenvalue weighted by molar-refractivity contribution is 6.30. The number of halogens is 1. The minimum Gasteiger partial charge on any atom is -0.310 e. The van der Waals surface area contributed by atoms with Gasteiger partial charge < -0.3 is 5.32 Å². The van der Waals surface area contributed by atoms with E-state index in [0.29, 0.717) is 0 Å². The van der Waals surface area contributed by atoms with Crippen LogP contribution in [0.5, 0.6) is 0 Å². The molecule has 0 aliphatic heterocycles. The first-order valence-corrected chi connectivity index (χ1v) is 6.01. The van der Waals surface area contributed by atoms with Gasteiger partial charge in [-0.1, -0.05) is 24.6 Å². The highest BCUT2D eigenvalue weighted by atomic mass is 35.5. The van der Waals surface area contributed by atoms with E-state index in [1.54, 1.807) is 0 Å². The Bertz CT molecular complexity index is 342. The first kappa shape index (κ1) is 11.0. The number of nitrogens with one attached hydrogen (secondary N) is 1. The summed E-state index contributed by atoms with van der Waals surface area (Å²) in [5.41, 5.74) is 2.64. The molecule has 1 aliphatic rings. The zero-order valence-electron chi connectivity index (χ0n) is 9.39. The molecule has 15 heavy (non-hydrogen) atoms. The van der Waals surface area contributed by atoms with Crippen LogP contribution < -0.4 is 5.32 Å². The van der Waals surface area contributed by atoms with Crippen LogP contribution in [0.1, 0.15) is 30.9 Å². The smallest absolute Gasteiger partial charge is 0.0408 e. The molecule has 1 saturated carbocycles. The molecular weight excluding hydrogens is 206 g/mol. The first-order chi connectivity index (χ1) is 7.15. The van der Waals surface area contributed by atoms with Crippen LogP contribution in [0.2, 0.25) is 5.02 Å². The predicted octanol–water partition coefficient (Wildman–Crippen LogP) is 3.54. The van der Waals surface area contributed by atoms with Gasteiger partial charge in [-0.2, -0.15) is 0 Å². The van der Waals surface area contributed by atoms with Gasteiger partial charge in [0.25, 0.3) is 0 Å². The van der Waals surface area contributed by atoms with Gasteiger partial charge in [0.05, 0.1) is 0 Å². The summed E-state index contributed by atoms with van der Waals surface area (Å²) < 4.78 is 0. The summed E-state index contributed by atoms with van der Waals surface area (Å²) in [5.74, 6) is 0.911. The molecule has 0 unspecified atom stereocenters. The largest absolute Gasteiger partial charge is 0.310 e. The Morgan fingerprint density at radius 2 is 2.13 bits per heavy atom. The molecule has 1 N–H and O–H groups in total. The van der Waals surface area contributed by atoms with Crippen molar-refractivity contribution >= 4 is 11.6 Å². The molecule has 0 amide bonds. The van der Waals surface area contributed by atoms with Gasteiger partial charge in [0.15, 0.2) is 0 Å². The predicted molar refractivity (Wildman–Crippen MR) is 65.2 cm³/mol. The molecule has 1 aromatic carbocycles. The van der Waals surface area contributed by atoms with E-state index < -0.39 is 0 Å². The summed E-state index contributed by atoms with van der Waals surface area (Å²) in [6, 6.07) is 6.85. The van der Waals surface area contributed by atoms with Gasteiger partial charge in [0.2, 0.25) is 0 Å². The van der Waals surface area contributed by atoms with Crippen molar-refractivity contribution in [2.75, 3.05) is 0 Å². The second-order valence-electron chi connectivity index (χ2n) is 4.73. The van der Waals surface area contributed by atoms with Gasteiger partial charge in [-0.25, -0.2) is 0 Å². The van der Waals surface area contributed by atoms with Gasteiger partial charge in [-0.15, -0.1) is 0 Å². The third-order valence-electron chi connectivity index (χ3n) is 3.26. The zero-order chi connectivity index (χ0) is 10.8. The Hall–Kier alpha value is -0.530. The van der Waals surface area contributed by atoms with Crippen molar-refractivity contribution in [1.29, 1.82) is 0 Å². The minimum absolute atomic E-state index is 0.732. The highest BCUT2D eigenvalue weighted by Gasteiger charge is 2.24. The molecule has 0 bridgehead atoms. The Morgan fingerprint density at radius 3 is 2.73 bits per heavy atom. The van der Waals surface area contributed by atoms with Crippen LogP contribution in [-0.2, 0) is 6.54 Å². The van der Waals surface area contributed by atoms with Gasteiger partial charge in [-0.05, 0) is 48.9 Å². The molecular formula is C13H18ClN. The molecule has 0 aromatic heterocycles. The van der Waals surface area contributed by atoms with Crippen LogP contribution >= 0.6 is 11.6 Å². The molecule has 1 aromatic rings. The minimum atomic E-state index is 0.732. The molecule has 1 aliphatic carbocycles. The maximum absolute atomic E-state index is 5.92. The Kier molecular flexibility index (Phi) is 3.32. The van der Waals surface area contributed by atoms with E-state index in [1.807, 2.05) is 12.1 Å². The van der Waals surface area contributed by atoms with Gasteiger partial charge >= 0.3 is 0 Å². The lowest BCUT2D eigenvalue weighted by Gasteiger charge is -2.33. The fourth-order valence-corrected chi connectivity index (χ4v) is 2.41. The van der Waals surface area contributed by atoms with Crippen LogP contribution in [0, 0.1) is 12.8 Å². The molecule has 2 heteroatoms. The fourth-order valence-electron chi connectivity index (χ4n) is 2.18. The SMILES string of the molecule is Cc1cc(Cl)ccc1CNC1CC(C)C1. The summed E-state index contributed by atoms with van der Waals surface area (Å²) in [7, 11) is 0. The van der Waals surface area contributed by atoms with E-state index in [0.717, 1.165) is 23.5 Å². The lowest BCUT2D eigenvalue weighted by atomic mass is 9.82. The number of rotatable bonds is 3. The second kappa shape index (κ2) is 4.54. The molecule has 0 radical (unpaired) electrons. The average molecular weight is 224 g/mol. The zero-order valence-corrected chi connectivity index (χ0v) is 10.1. The lowest BCUT2D eigenvalue weighted by Crippen LogP contribution is -2.39. The maximum Gasteiger partial charge on any atom is 0.0408 e. The number of hydrogen-bond donors (Lipinski definition) is 1. The van der Waals surface area contributed by atoms with E-state index in [1.165, 1.54) is 24.0 Å². The summed E-state index contributed by atoms with van der Waals surface area (Å²) in [6.07, 6.45) is 2.65. The van der Waals surface area contributed by atoms with Gasteiger partial charge in [0.1, 0.15) is 0 Å². The van der Waals surface area contributed by atoms with Crippen LogP contribution in [0.25, 0.3) is 0 Å². The summed E-state index contributed by atoms with van der Waals surface area (Å²) >= 11 is 5.92. The molecule has 1 fully saturated rings. The quantitative estimate of drug-likeness (QED) is 0.827.